The third kappa shape index (κ3) is 2.21. The zero-order valence-corrected chi connectivity index (χ0v) is 7.37. The Labute approximate surface area is 80.7 Å². The van der Waals surface area contributed by atoms with E-state index in [-0.39, 0.29) is 0 Å². The van der Waals surface area contributed by atoms with Crippen molar-refractivity contribution >= 4 is 5.97 Å². The average Bonchev–Trinajstić information content (AvgIpc) is 2.10. The predicted octanol–water partition coefficient (Wildman–Crippen LogP) is -3.19. The van der Waals surface area contributed by atoms with E-state index in [1.807, 2.05) is 0 Å². The fraction of sp³-hybridized carbons (Fsp3) is 0.750. The van der Waals surface area contributed by atoms with E-state index in [9.17, 15) is 25.2 Å². The lowest BCUT2D eigenvalue weighted by atomic mass is 9.94. The Morgan fingerprint density at radius 3 is 2.36 bits per heavy atom. The SMILES string of the molecule is [CH2-][C@@H]1OC(CC(=O)[O-])[C@@H](O)[C@H](O)C1O. The normalized spacial score (nSPS) is 43.6. The lowest BCUT2D eigenvalue weighted by Gasteiger charge is -2.42. The maximum Gasteiger partial charge on any atom is 0.109 e. The first-order valence-electron chi connectivity index (χ1n) is 4.16. The largest absolute Gasteiger partial charge is 0.550 e. The molecule has 0 spiro atoms. The number of aliphatic hydroxyl groups excluding tert-OH is 3. The van der Waals surface area contributed by atoms with Gasteiger partial charge in [-0.15, -0.1) is 0 Å². The summed E-state index contributed by atoms with van der Waals surface area (Å²) in [6, 6.07) is 0. The molecular formula is C8H12O6-2. The van der Waals surface area contributed by atoms with Gasteiger partial charge in [0.15, 0.2) is 0 Å². The third-order valence-corrected chi connectivity index (χ3v) is 2.18. The topological polar surface area (TPSA) is 110 Å². The van der Waals surface area contributed by atoms with Crippen molar-refractivity contribution in [1.29, 1.82) is 0 Å². The Hall–Kier alpha value is -0.690. The molecule has 0 aromatic heterocycles. The summed E-state index contributed by atoms with van der Waals surface area (Å²) < 4.78 is 4.90. The molecule has 5 atom stereocenters. The minimum absolute atomic E-state index is 0.545. The number of hydrogen-bond acceptors (Lipinski definition) is 6. The standard InChI is InChI=1S/C8H13O6/c1-3-6(11)8(13)7(12)4(14-3)2-5(9)10/h3-4,6-8,11-13H,1-2H2,(H,9,10)/q-1/p-1/t3-,4?,6?,7+,8+/m0/s1. The van der Waals surface area contributed by atoms with Crippen LogP contribution >= 0.6 is 0 Å². The summed E-state index contributed by atoms with van der Waals surface area (Å²) in [7, 11) is 0. The number of aliphatic carboxylic acids is 1. The van der Waals surface area contributed by atoms with Crippen LogP contribution in [-0.4, -0.2) is 51.8 Å². The number of carboxylic acids is 1. The van der Waals surface area contributed by atoms with E-state index in [1.165, 1.54) is 0 Å². The van der Waals surface area contributed by atoms with Crippen molar-refractivity contribution in [2.24, 2.45) is 0 Å². The van der Waals surface area contributed by atoms with Crippen LogP contribution in [0.2, 0.25) is 0 Å². The number of carbonyl (C=O) groups excluding carboxylic acids is 1. The number of carbonyl (C=O) groups is 1. The molecule has 6 heteroatoms. The van der Waals surface area contributed by atoms with Crippen LogP contribution in [-0.2, 0) is 9.53 Å². The number of rotatable bonds is 2. The molecule has 1 saturated heterocycles. The van der Waals surface area contributed by atoms with E-state index in [2.05, 4.69) is 6.92 Å². The molecule has 1 aliphatic heterocycles. The van der Waals surface area contributed by atoms with Crippen LogP contribution in [0.3, 0.4) is 0 Å². The molecule has 82 valence electrons. The van der Waals surface area contributed by atoms with E-state index < -0.39 is 42.9 Å². The molecule has 0 saturated carbocycles. The molecule has 0 aromatic carbocycles. The van der Waals surface area contributed by atoms with E-state index in [0.29, 0.717) is 0 Å². The van der Waals surface area contributed by atoms with Gasteiger partial charge in [0.25, 0.3) is 0 Å². The number of ether oxygens (including phenoxy) is 1. The summed E-state index contributed by atoms with van der Waals surface area (Å²) in [6.45, 7) is 3.36. The summed E-state index contributed by atoms with van der Waals surface area (Å²) in [4.78, 5) is 10.2. The van der Waals surface area contributed by atoms with Crippen molar-refractivity contribution in [1.82, 2.24) is 0 Å². The monoisotopic (exact) mass is 204 g/mol. The van der Waals surface area contributed by atoms with Gasteiger partial charge in [0, 0.05) is 12.4 Å². The van der Waals surface area contributed by atoms with Gasteiger partial charge >= 0.3 is 0 Å². The van der Waals surface area contributed by atoms with Crippen molar-refractivity contribution in [3.8, 4) is 0 Å². The first-order valence-corrected chi connectivity index (χ1v) is 4.16. The second kappa shape index (κ2) is 4.22. The second-order valence-electron chi connectivity index (χ2n) is 3.26. The summed E-state index contributed by atoms with van der Waals surface area (Å²) in [5.41, 5.74) is 0. The summed E-state index contributed by atoms with van der Waals surface area (Å²) in [5, 5.41) is 38.0. The Balaban J connectivity index is 2.65. The minimum Gasteiger partial charge on any atom is -0.550 e. The minimum atomic E-state index is -1.45. The molecule has 0 bridgehead atoms. The number of carboxylic acid groups (broad SMARTS) is 1. The van der Waals surface area contributed by atoms with E-state index >= 15 is 0 Å². The van der Waals surface area contributed by atoms with Crippen LogP contribution in [0, 0.1) is 6.92 Å². The number of hydrogen-bond donors (Lipinski definition) is 3. The fourth-order valence-corrected chi connectivity index (χ4v) is 1.36. The van der Waals surface area contributed by atoms with Crippen LogP contribution in [0.25, 0.3) is 0 Å². The zero-order chi connectivity index (χ0) is 10.9. The quantitative estimate of drug-likeness (QED) is 0.409. The molecular weight excluding hydrogens is 192 g/mol. The maximum atomic E-state index is 10.2. The lowest BCUT2D eigenvalue weighted by molar-refractivity contribution is -0.311. The Morgan fingerprint density at radius 1 is 1.29 bits per heavy atom. The van der Waals surface area contributed by atoms with E-state index in [4.69, 9.17) is 4.74 Å². The van der Waals surface area contributed by atoms with Crippen molar-refractivity contribution in [3.63, 3.8) is 0 Å². The molecule has 0 aliphatic carbocycles. The van der Waals surface area contributed by atoms with Crippen molar-refractivity contribution in [3.05, 3.63) is 6.92 Å². The Morgan fingerprint density at radius 2 is 1.86 bits per heavy atom. The molecule has 1 aliphatic rings. The highest BCUT2D eigenvalue weighted by Gasteiger charge is 2.38. The molecule has 1 heterocycles. The van der Waals surface area contributed by atoms with Crippen LogP contribution in [0.5, 0.6) is 0 Å². The molecule has 0 radical (unpaired) electrons. The van der Waals surface area contributed by atoms with Crippen LogP contribution in [0.1, 0.15) is 6.42 Å². The van der Waals surface area contributed by atoms with E-state index in [1.54, 1.807) is 0 Å². The van der Waals surface area contributed by atoms with Gasteiger partial charge in [-0.25, -0.2) is 0 Å². The molecule has 2 unspecified atom stereocenters. The summed E-state index contributed by atoms with van der Waals surface area (Å²) in [6.07, 6.45) is -6.81. The second-order valence-corrected chi connectivity index (χ2v) is 3.26. The first kappa shape index (κ1) is 11.4. The van der Waals surface area contributed by atoms with Gasteiger partial charge in [0.1, 0.15) is 12.2 Å². The smallest absolute Gasteiger partial charge is 0.109 e. The van der Waals surface area contributed by atoms with Gasteiger partial charge in [-0.05, 0) is 6.10 Å². The van der Waals surface area contributed by atoms with Crippen LogP contribution in [0.4, 0.5) is 0 Å². The molecule has 6 nitrogen and oxygen atoms in total. The first-order chi connectivity index (χ1) is 6.43. The average molecular weight is 204 g/mol. The summed E-state index contributed by atoms with van der Waals surface area (Å²) >= 11 is 0. The van der Waals surface area contributed by atoms with E-state index in [0.717, 1.165) is 0 Å². The van der Waals surface area contributed by atoms with Gasteiger partial charge in [-0.2, -0.15) is 0 Å². The molecule has 0 aromatic rings. The van der Waals surface area contributed by atoms with Gasteiger partial charge < -0.3 is 36.9 Å². The fourth-order valence-electron chi connectivity index (χ4n) is 1.36. The van der Waals surface area contributed by atoms with Gasteiger partial charge in [0.05, 0.1) is 12.2 Å². The van der Waals surface area contributed by atoms with Gasteiger partial charge in [-0.1, -0.05) is 0 Å². The zero-order valence-electron chi connectivity index (χ0n) is 7.37. The Bertz CT molecular complexity index is 218. The molecule has 1 fully saturated rings. The maximum absolute atomic E-state index is 10.2. The molecule has 3 N–H and O–H groups in total. The molecule has 0 amide bonds. The van der Waals surface area contributed by atoms with Crippen LogP contribution < -0.4 is 5.11 Å². The van der Waals surface area contributed by atoms with Gasteiger partial charge in [-0.3, -0.25) is 0 Å². The summed E-state index contributed by atoms with van der Waals surface area (Å²) in [5.74, 6) is -1.40. The highest BCUT2D eigenvalue weighted by molar-refractivity contribution is 5.65. The van der Waals surface area contributed by atoms with Gasteiger partial charge in [0.2, 0.25) is 0 Å². The van der Waals surface area contributed by atoms with Crippen molar-refractivity contribution in [2.75, 3.05) is 0 Å². The molecule has 14 heavy (non-hydrogen) atoms. The lowest BCUT2D eigenvalue weighted by Crippen LogP contribution is -2.57. The Kier molecular flexibility index (Phi) is 3.43. The van der Waals surface area contributed by atoms with Crippen LogP contribution in [0.15, 0.2) is 0 Å². The highest BCUT2D eigenvalue weighted by Crippen LogP contribution is 2.22. The number of aliphatic hydroxyl groups is 3. The highest BCUT2D eigenvalue weighted by atomic mass is 16.5. The van der Waals surface area contributed by atoms with Crippen molar-refractivity contribution < 1.29 is 30.0 Å². The van der Waals surface area contributed by atoms with Crippen molar-refractivity contribution in [2.45, 2.75) is 36.9 Å². The molecule has 1 rings (SSSR count). The third-order valence-electron chi connectivity index (χ3n) is 2.18. The predicted molar refractivity (Wildman–Crippen MR) is 41.7 cm³/mol.